The molecule has 1 amide bonds. The molecule has 1 aromatic carbocycles. The maximum absolute atomic E-state index is 12.2. The van der Waals surface area contributed by atoms with E-state index >= 15 is 0 Å². The molecule has 0 radical (unpaired) electrons. The fourth-order valence-corrected chi connectivity index (χ4v) is 2.74. The Bertz CT molecular complexity index is 659. The third-order valence-electron chi connectivity index (χ3n) is 2.91. The second kappa shape index (κ2) is 8.30. The number of alkyl carbamates (subject to hydrolysis) is 1. The molecule has 1 atom stereocenters. The van der Waals surface area contributed by atoms with Gasteiger partial charge in [-0.25, -0.2) is 4.79 Å². The van der Waals surface area contributed by atoms with Crippen molar-refractivity contribution in [2.75, 3.05) is 6.61 Å². The Hall–Kier alpha value is -1.86. The van der Waals surface area contributed by atoms with E-state index in [1.165, 1.54) is 12.1 Å². The van der Waals surface area contributed by atoms with Gasteiger partial charge < -0.3 is 10.1 Å². The van der Waals surface area contributed by atoms with Crippen molar-refractivity contribution in [3.63, 3.8) is 0 Å². The van der Waals surface area contributed by atoms with E-state index in [1.807, 2.05) is 6.92 Å². The van der Waals surface area contributed by atoms with E-state index in [4.69, 9.17) is 8.92 Å². The summed E-state index contributed by atoms with van der Waals surface area (Å²) in [4.78, 5) is 11.9. The van der Waals surface area contributed by atoms with Gasteiger partial charge in [-0.2, -0.15) is 8.42 Å². The van der Waals surface area contributed by atoms with Crippen LogP contribution in [0.1, 0.15) is 32.8 Å². The molecule has 0 saturated carbocycles. The largest absolute Gasteiger partial charge is 0.444 e. The van der Waals surface area contributed by atoms with Crippen molar-refractivity contribution in [3.8, 4) is 0 Å². The SMILES string of the molecule is C=CCC(COS(=O)(=O)c1ccc(C)cc1)NC(=O)OC(C)(C)C. The highest BCUT2D eigenvalue weighted by Crippen LogP contribution is 2.14. The van der Waals surface area contributed by atoms with Crippen LogP contribution in [0.3, 0.4) is 0 Å². The van der Waals surface area contributed by atoms with Gasteiger partial charge in [-0.3, -0.25) is 4.18 Å². The first-order chi connectivity index (χ1) is 11.0. The average molecular weight is 355 g/mol. The molecule has 0 aliphatic rings. The first-order valence-electron chi connectivity index (χ1n) is 7.60. The Morgan fingerprint density at radius 1 is 1.29 bits per heavy atom. The Kier molecular flexibility index (Phi) is 6.98. The molecule has 0 fully saturated rings. The molecule has 6 nitrogen and oxygen atoms in total. The zero-order chi connectivity index (χ0) is 18.4. The van der Waals surface area contributed by atoms with E-state index in [0.29, 0.717) is 6.42 Å². The second-order valence-electron chi connectivity index (χ2n) is 6.42. The van der Waals surface area contributed by atoms with Crippen LogP contribution in [0.4, 0.5) is 4.79 Å². The van der Waals surface area contributed by atoms with Crippen molar-refractivity contribution in [2.24, 2.45) is 0 Å². The fourth-order valence-electron chi connectivity index (χ4n) is 1.79. The molecule has 1 aromatic rings. The third kappa shape index (κ3) is 7.14. The predicted octanol–water partition coefficient (Wildman–Crippen LogP) is 3.17. The van der Waals surface area contributed by atoms with Gasteiger partial charge in [-0.15, -0.1) is 6.58 Å². The molecule has 1 N–H and O–H groups in total. The van der Waals surface area contributed by atoms with E-state index < -0.39 is 27.9 Å². The molecule has 0 bridgehead atoms. The molecule has 24 heavy (non-hydrogen) atoms. The lowest BCUT2D eigenvalue weighted by molar-refractivity contribution is 0.0489. The molecule has 1 rings (SSSR count). The van der Waals surface area contributed by atoms with Crippen LogP contribution in [-0.2, 0) is 19.0 Å². The van der Waals surface area contributed by atoms with Crippen molar-refractivity contribution in [1.82, 2.24) is 5.32 Å². The lowest BCUT2D eigenvalue weighted by Gasteiger charge is -2.23. The number of ether oxygens (including phenoxy) is 1. The number of hydrogen-bond donors (Lipinski definition) is 1. The van der Waals surface area contributed by atoms with Gasteiger partial charge in [0.15, 0.2) is 0 Å². The molecular formula is C17H25NO5S. The summed E-state index contributed by atoms with van der Waals surface area (Å²) in [5.41, 5.74) is 0.308. The number of benzene rings is 1. The van der Waals surface area contributed by atoms with Gasteiger partial charge in [0.2, 0.25) is 0 Å². The third-order valence-corrected chi connectivity index (χ3v) is 4.20. The normalized spacial score (nSPS) is 13.2. The molecule has 0 spiro atoms. The summed E-state index contributed by atoms with van der Waals surface area (Å²) in [5, 5.41) is 2.59. The highest BCUT2D eigenvalue weighted by Gasteiger charge is 2.22. The van der Waals surface area contributed by atoms with Crippen LogP contribution in [0.2, 0.25) is 0 Å². The summed E-state index contributed by atoms with van der Waals surface area (Å²) in [5.74, 6) is 0. The smallest absolute Gasteiger partial charge is 0.407 e. The number of hydrogen-bond acceptors (Lipinski definition) is 5. The average Bonchev–Trinajstić information content (AvgIpc) is 2.43. The first-order valence-corrected chi connectivity index (χ1v) is 9.01. The number of aryl methyl sites for hydroxylation is 1. The number of amides is 1. The number of carbonyl (C=O) groups is 1. The van der Waals surface area contributed by atoms with Crippen LogP contribution in [-0.4, -0.2) is 32.8 Å². The summed E-state index contributed by atoms with van der Waals surface area (Å²) in [7, 11) is -3.89. The van der Waals surface area contributed by atoms with Gasteiger partial charge in [-0.05, 0) is 46.2 Å². The van der Waals surface area contributed by atoms with E-state index in [-0.39, 0.29) is 11.5 Å². The lowest BCUT2D eigenvalue weighted by atomic mass is 10.2. The fraction of sp³-hybridized carbons (Fsp3) is 0.471. The Morgan fingerprint density at radius 2 is 1.88 bits per heavy atom. The minimum Gasteiger partial charge on any atom is -0.444 e. The molecule has 134 valence electrons. The number of rotatable bonds is 7. The first kappa shape index (κ1) is 20.2. The summed E-state index contributed by atoms with van der Waals surface area (Å²) < 4.78 is 34.6. The Balaban J connectivity index is 2.70. The van der Waals surface area contributed by atoms with Gasteiger partial charge >= 0.3 is 6.09 Å². The minimum atomic E-state index is -3.89. The zero-order valence-corrected chi connectivity index (χ0v) is 15.4. The standard InChI is InChI=1S/C17H25NO5S/c1-6-7-14(18-16(19)23-17(3,4)5)12-22-24(20,21)15-10-8-13(2)9-11-15/h6,8-11,14H,1,7,12H2,2-5H3,(H,18,19). The maximum atomic E-state index is 12.2. The summed E-state index contributed by atoms with van der Waals surface area (Å²) in [6.07, 6.45) is 1.29. The van der Waals surface area contributed by atoms with Crippen LogP contribution in [0.15, 0.2) is 41.8 Å². The minimum absolute atomic E-state index is 0.0720. The lowest BCUT2D eigenvalue weighted by Crippen LogP contribution is -2.41. The number of carbonyl (C=O) groups excluding carboxylic acids is 1. The summed E-state index contributed by atoms with van der Waals surface area (Å²) in [6, 6.07) is 5.79. The van der Waals surface area contributed by atoms with Crippen molar-refractivity contribution in [1.29, 1.82) is 0 Å². The predicted molar refractivity (Wildman–Crippen MR) is 92.3 cm³/mol. The molecular weight excluding hydrogens is 330 g/mol. The maximum Gasteiger partial charge on any atom is 0.407 e. The molecule has 0 aromatic heterocycles. The van der Waals surface area contributed by atoms with E-state index in [2.05, 4.69) is 11.9 Å². The zero-order valence-electron chi connectivity index (χ0n) is 14.5. The molecule has 0 aliphatic carbocycles. The van der Waals surface area contributed by atoms with E-state index in [0.717, 1.165) is 5.56 Å². The molecule has 1 unspecified atom stereocenters. The second-order valence-corrected chi connectivity index (χ2v) is 8.03. The van der Waals surface area contributed by atoms with Crippen molar-refractivity contribution in [3.05, 3.63) is 42.5 Å². The van der Waals surface area contributed by atoms with Gasteiger partial charge in [0, 0.05) is 0 Å². The van der Waals surface area contributed by atoms with Gasteiger partial charge in [-0.1, -0.05) is 23.8 Å². The van der Waals surface area contributed by atoms with Gasteiger partial charge in [0.25, 0.3) is 10.1 Å². The van der Waals surface area contributed by atoms with Gasteiger partial charge in [0.1, 0.15) is 5.60 Å². The molecule has 0 heterocycles. The summed E-state index contributed by atoms with van der Waals surface area (Å²) >= 11 is 0. The monoisotopic (exact) mass is 355 g/mol. The number of nitrogens with one attached hydrogen (secondary N) is 1. The van der Waals surface area contributed by atoms with Crippen LogP contribution in [0.5, 0.6) is 0 Å². The van der Waals surface area contributed by atoms with Crippen molar-refractivity contribution < 1.29 is 22.1 Å². The quantitative estimate of drug-likeness (QED) is 0.600. The topological polar surface area (TPSA) is 81.7 Å². The van der Waals surface area contributed by atoms with Crippen LogP contribution >= 0.6 is 0 Å². The Morgan fingerprint density at radius 3 is 2.38 bits per heavy atom. The van der Waals surface area contributed by atoms with E-state index in [1.54, 1.807) is 39.0 Å². The van der Waals surface area contributed by atoms with E-state index in [9.17, 15) is 13.2 Å². The van der Waals surface area contributed by atoms with Crippen LogP contribution < -0.4 is 5.32 Å². The molecule has 7 heteroatoms. The van der Waals surface area contributed by atoms with Gasteiger partial charge in [0.05, 0.1) is 17.5 Å². The molecule has 0 saturated heterocycles. The highest BCUT2D eigenvalue weighted by molar-refractivity contribution is 7.86. The van der Waals surface area contributed by atoms with Crippen LogP contribution in [0.25, 0.3) is 0 Å². The molecule has 0 aliphatic heterocycles. The summed E-state index contributed by atoms with van der Waals surface area (Å²) in [6.45, 7) is 10.5. The van der Waals surface area contributed by atoms with Crippen LogP contribution in [0, 0.1) is 6.92 Å². The van der Waals surface area contributed by atoms with Crippen molar-refractivity contribution >= 4 is 16.2 Å². The Labute approximate surface area is 144 Å². The highest BCUT2D eigenvalue weighted by atomic mass is 32.2. The van der Waals surface area contributed by atoms with Crippen molar-refractivity contribution in [2.45, 2.75) is 50.7 Å².